The van der Waals surface area contributed by atoms with Crippen molar-refractivity contribution in [3.63, 3.8) is 0 Å². The summed E-state index contributed by atoms with van der Waals surface area (Å²) in [6, 6.07) is 15.7. The Morgan fingerprint density at radius 3 is 2.58 bits per heavy atom. The van der Waals surface area contributed by atoms with Crippen molar-refractivity contribution in [3.8, 4) is 27.4 Å². The topological polar surface area (TPSA) is 80.9 Å². The van der Waals surface area contributed by atoms with Crippen LogP contribution in [0.5, 0.6) is 0 Å². The Morgan fingerprint density at radius 1 is 1.08 bits per heavy atom. The van der Waals surface area contributed by atoms with E-state index in [1.807, 2.05) is 61.7 Å². The highest BCUT2D eigenvalue weighted by atomic mass is 32.1. The fraction of sp³-hybridized carbons (Fsp3) is 0.0526. The van der Waals surface area contributed by atoms with Gasteiger partial charge in [-0.25, -0.2) is 14.5 Å². The molecule has 2 heterocycles. The summed E-state index contributed by atoms with van der Waals surface area (Å²) in [6.45, 7) is 2.01. The van der Waals surface area contributed by atoms with Crippen LogP contribution in [0.4, 0.5) is 0 Å². The smallest absolute Gasteiger partial charge is 0.356 e. The van der Waals surface area contributed by atoms with Crippen molar-refractivity contribution in [1.82, 2.24) is 20.0 Å². The van der Waals surface area contributed by atoms with E-state index in [1.54, 1.807) is 11.3 Å². The quantitative estimate of drug-likeness (QED) is 0.592. The minimum Gasteiger partial charge on any atom is -0.476 e. The minimum atomic E-state index is -1.08. The molecule has 26 heavy (non-hydrogen) atoms. The summed E-state index contributed by atoms with van der Waals surface area (Å²) in [4.78, 5) is 17.0. The highest BCUT2D eigenvalue weighted by molar-refractivity contribution is 7.15. The van der Waals surface area contributed by atoms with Gasteiger partial charge in [-0.2, -0.15) is 0 Å². The van der Waals surface area contributed by atoms with Gasteiger partial charge in [-0.3, -0.25) is 0 Å². The molecular formula is C19H14N4O2S. The van der Waals surface area contributed by atoms with Crippen molar-refractivity contribution in [2.45, 2.75) is 6.92 Å². The minimum absolute atomic E-state index is 0.0127. The van der Waals surface area contributed by atoms with Gasteiger partial charge in [0.2, 0.25) is 0 Å². The number of rotatable bonds is 4. The van der Waals surface area contributed by atoms with Gasteiger partial charge in [-0.05, 0) is 30.2 Å². The second-order valence-corrected chi connectivity index (χ2v) is 6.94. The largest absolute Gasteiger partial charge is 0.476 e. The maximum atomic E-state index is 11.4. The maximum absolute atomic E-state index is 11.4. The molecule has 6 nitrogen and oxygen atoms in total. The third-order valence-electron chi connectivity index (χ3n) is 3.95. The molecule has 7 heteroatoms. The van der Waals surface area contributed by atoms with Gasteiger partial charge in [0, 0.05) is 16.6 Å². The van der Waals surface area contributed by atoms with E-state index in [0.29, 0.717) is 5.69 Å². The van der Waals surface area contributed by atoms with Crippen molar-refractivity contribution < 1.29 is 9.90 Å². The van der Waals surface area contributed by atoms with Crippen LogP contribution in [0.25, 0.3) is 27.4 Å². The number of carbonyl (C=O) groups is 1. The van der Waals surface area contributed by atoms with E-state index >= 15 is 0 Å². The van der Waals surface area contributed by atoms with Crippen LogP contribution in [0.1, 0.15) is 15.4 Å². The van der Waals surface area contributed by atoms with Crippen LogP contribution >= 0.6 is 11.3 Å². The Morgan fingerprint density at radius 2 is 1.88 bits per heavy atom. The van der Waals surface area contributed by atoms with Gasteiger partial charge in [-0.15, -0.1) is 16.4 Å². The zero-order valence-corrected chi connectivity index (χ0v) is 14.6. The maximum Gasteiger partial charge on any atom is 0.356 e. The van der Waals surface area contributed by atoms with Crippen molar-refractivity contribution in [1.29, 1.82) is 0 Å². The molecule has 128 valence electrons. The first-order valence-electron chi connectivity index (χ1n) is 7.90. The number of hydrogen-bond acceptors (Lipinski definition) is 5. The predicted octanol–water partition coefficient (Wildman–Crippen LogP) is 4.06. The number of carboxylic acid groups (broad SMARTS) is 1. The van der Waals surface area contributed by atoms with Crippen molar-refractivity contribution >= 4 is 17.3 Å². The highest BCUT2D eigenvalue weighted by Gasteiger charge is 2.17. The Bertz CT molecular complexity index is 1090. The Labute approximate surface area is 153 Å². The monoisotopic (exact) mass is 362 g/mol. The molecule has 2 aromatic heterocycles. The summed E-state index contributed by atoms with van der Waals surface area (Å²) >= 11 is 1.59. The molecule has 0 saturated heterocycles. The average Bonchev–Trinajstić information content (AvgIpc) is 3.31. The second-order valence-electron chi connectivity index (χ2n) is 5.71. The van der Waals surface area contributed by atoms with Gasteiger partial charge < -0.3 is 5.11 Å². The number of benzene rings is 2. The summed E-state index contributed by atoms with van der Waals surface area (Å²) in [5.41, 5.74) is 3.67. The summed E-state index contributed by atoms with van der Waals surface area (Å²) < 4.78 is 1.32. The predicted molar refractivity (Wildman–Crippen MR) is 99.6 cm³/mol. The lowest BCUT2D eigenvalue weighted by molar-refractivity contribution is 0.0687. The Balaban J connectivity index is 1.92. The van der Waals surface area contributed by atoms with Crippen molar-refractivity contribution in [2.24, 2.45) is 0 Å². The fourth-order valence-electron chi connectivity index (χ4n) is 2.76. The van der Waals surface area contributed by atoms with Crippen molar-refractivity contribution in [2.75, 3.05) is 0 Å². The normalized spacial score (nSPS) is 10.8. The second kappa shape index (κ2) is 6.53. The van der Waals surface area contributed by atoms with Crippen molar-refractivity contribution in [3.05, 3.63) is 71.5 Å². The number of nitrogens with zero attached hydrogens (tertiary/aromatic N) is 4. The first kappa shape index (κ1) is 16.2. The summed E-state index contributed by atoms with van der Waals surface area (Å²) in [5.74, 6) is -1.08. The molecule has 0 saturated carbocycles. The van der Waals surface area contributed by atoms with E-state index in [1.165, 1.54) is 10.9 Å². The fourth-order valence-corrected chi connectivity index (χ4v) is 3.56. The highest BCUT2D eigenvalue weighted by Crippen LogP contribution is 2.35. The SMILES string of the molecule is Cc1cnc(-c2cc(-n3nncc3C(=O)O)ccc2-c2ccccc2)s1. The lowest BCUT2D eigenvalue weighted by Gasteiger charge is -2.11. The zero-order chi connectivity index (χ0) is 18.1. The number of aromatic carboxylic acids is 1. The van der Waals surface area contributed by atoms with Gasteiger partial charge in [0.1, 0.15) is 5.01 Å². The van der Waals surface area contributed by atoms with E-state index < -0.39 is 5.97 Å². The molecule has 0 aliphatic heterocycles. The van der Waals surface area contributed by atoms with Crippen LogP contribution in [0.2, 0.25) is 0 Å². The van der Waals surface area contributed by atoms with Crippen LogP contribution in [-0.2, 0) is 0 Å². The molecule has 4 aromatic rings. The summed E-state index contributed by atoms with van der Waals surface area (Å²) in [7, 11) is 0. The number of thiazole rings is 1. The molecule has 0 fully saturated rings. The Hall–Kier alpha value is -3.32. The number of aromatic nitrogens is 4. The third kappa shape index (κ3) is 2.89. The van der Waals surface area contributed by atoms with Gasteiger partial charge >= 0.3 is 5.97 Å². The first-order chi connectivity index (χ1) is 12.6. The van der Waals surface area contributed by atoms with Crippen LogP contribution in [0.15, 0.2) is 60.9 Å². The first-order valence-corrected chi connectivity index (χ1v) is 8.72. The zero-order valence-electron chi connectivity index (χ0n) is 13.8. The molecule has 0 atom stereocenters. The number of aryl methyl sites for hydroxylation is 1. The van der Waals surface area contributed by atoms with Gasteiger partial charge in [0.05, 0.1) is 11.9 Å². The van der Waals surface area contributed by atoms with Gasteiger partial charge in [-0.1, -0.05) is 41.6 Å². The van der Waals surface area contributed by atoms with Crippen LogP contribution < -0.4 is 0 Å². The van der Waals surface area contributed by atoms with E-state index in [9.17, 15) is 9.90 Å². The van der Waals surface area contributed by atoms with E-state index in [2.05, 4.69) is 15.3 Å². The van der Waals surface area contributed by atoms with Crippen LogP contribution in [0.3, 0.4) is 0 Å². The van der Waals surface area contributed by atoms with E-state index in [4.69, 9.17) is 0 Å². The van der Waals surface area contributed by atoms with E-state index in [0.717, 1.165) is 26.6 Å². The van der Waals surface area contributed by atoms with E-state index in [-0.39, 0.29) is 5.69 Å². The summed E-state index contributed by atoms with van der Waals surface area (Å²) in [6.07, 6.45) is 3.07. The standard InChI is InChI=1S/C19H14N4O2S/c1-12-10-20-18(26-12)16-9-14(23-17(19(24)25)11-21-22-23)7-8-15(16)13-5-3-2-4-6-13/h2-11H,1H3,(H,24,25). The lowest BCUT2D eigenvalue weighted by Crippen LogP contribution is -2.08. The molecule has 0 aliphatic rings. The molecule has 0 bridgehead atoms. The van der Waals surface area contributed by atoms with Gasteiger partial charge in [0.15, 0.2) is 5.69 Å². The number of hydrogen-bond donors (Lipinski definition) is 1. The van der Waals surface area contributed by atoms with Crippen LogP contribution in [-0.4, -0.2) is 31.1 Å². The molecule has 0 amide bonds. The molecule has 1 N–H and O–H groups in total. The molecule has 0 aliphatic carbocycles. The lowest BCUT2D eigenvalue weighted by atomic mass is 9.99. The average molecular weight is 362 g/mol. The number of carboxylic acids is 1. The molecule has 0 unspecified atom stereocenters. The molecule has 2 aromatic carbocycles. The molecule has 0 spiro atoms. The molecular weight excluding hydrogens is 348 g/mol. The van der Waals surface area contributed by atoms with Gasteiger partial charge in [0.25, 0.3) is 0 Å². The van der Waals surface area contributed by atoms with Crippen LogP contribution in [0, 0.1) is 6.92 Å². The summed E-state index contributed by atoms with van der Waals surface area (Å²) in [5, 5.41) is 17.8. The molecule has 0 radical (unpaired) electrons. The Kier molecular flexibility index (Phi) is 4.06. The molecule has 4 rings (SSSR count). The third-order valence-corrected chi connectivity index (χ3v) is 4.90.